The molecule has 3 heteroatoms. The van der Waals surface area contributed by atoms with E-state index in [0.717, 1.165) is 11.1 Å². The molecule has 1 unspecified atom stereocenters. The minimum Gasteiger partial charge on any atom is -0.398 e. The number of hydrogen-bond acceptors (Lipinski definition) is 3. The predicted octanol–water partition coefficient (Wildman–Crippen LogP) is 3.34. The summed E-state index contributed by atoms with van der Waals surface area (Å²) in [6, 6.07) is 19.3. The molecule has 94 valence electrons. The number of anilines is 1. The number of benzene rings is 2. The molecule has 0 amide bonds. The van der Waals surface area contributed by atoms with Crippen LogP contribution in [0.2, 0.25) is 0 Å². The molecule has 0 spiro atoms. The number of rotatable bonds is 4. The first-order valence-electron chi connectivity index (χ1n) is 6.11. The van der Waals surface area contributed by atoms with E-state index in [1.54, 1.807) is 6.21 Å². The van der Waals surface area contributed by atoms with Gasteiger partial charge in [-0.1, -0.05) is 48.5 Å². The van der Waals surface area contributed by atoms with Crippen molar-refractivity contribution < 1.29 is 0 Å². The van der Waals surface area contributed by atoms with Gasteiger partial charge in [0.15, 0.2) is 0 Å². The van der Waals surface area contributed by atoms with E-state index in [-0.39, 0.29) is 6.04 Å². The third-order valence-electron chi connectivity index (χ3n) is 2.84. The molecule has 2 rings (SSSR count). The van der Waals surface area contributed by atoms with Gasteiger partial charge in [-0.15, -0.1) is 0 Å². The lowest BCUT2D eigenvalue weighted by molar-refractivity contribution is 0.757. The highest BCUT2D eigenvalue weighted by molar-refractivity contribution is 5.79. The Hall–Kier alpha value is -2.60. The Balaban J connectivity index is 2.25. The van der Waals surface area contributed by atoms with Gasteiger partial charge in [0.2, 0.25) is 0 Å². The molecule has 3 nitrogen and oxygen atoms in total. The first-order valence-corrected chi connectivity index (χ1v) is 6.11. The van der Waals surface area contributed by atoms with Crippen molar-refractivity contribution in [1.29, 1.82) is 5.26 Å². The first-order chi connectivity index (χ1) is 9.31. The second-order valence-corrected chi connectivity index (χ2v) is 4.20. The smallest absolute Gasteiger partial charge is 0.0898 e. The third kappa shape index (κ3) is 3.43. The molecule has 0 aliphatic carbocycles. The number of nitrogen functional groups attached to an aromatic ring is 1. The van der Waals surface area contributed by atoms with Crippen LogP contribution in [0.5, 0.6) is 0 Å². The Morgan fingerprint density at radius 2 is 1.79 bits per heavy atom. The summed E-state index contributed by atoms with van der Waals surface area (Å²) in [6.45, 7) is 0. The van der Waals surface area contributed by atoms with E-state index in [4.69, 9.17) is 11.0 Å². The van der Waals surface area contributed by atoms with Crippen LogP contribution in [0.4, 0.5) is 5.69 Å². The molecule has 0 heterocycles. The number of nitrogens with two attached hydrogens (primary N) is 1. The maximum absolute atomic E-state index is 8.92. The summed E-state index contributed by atoms with van der Waals surface area (Å²) < 4.78 is 0. The van der Waals surface area contributed by atoms with Gasteiger partial charge in [-0.2, -0.15) is 5.26 Å². The molecular weight excluding hydrogens is 234 g/mol. The highest BCUT2D eigenvalue weighted by Crippen LogP contribution is 2.25. The fraction of sp³-hybridized carbons (Fsp3) is 0.125. The van der Waals surface area contributed by atoms with Crippen molar-refractivity contribution in [3.05, 3.63) is 65.7 Å². The minimum absolute atomic E-state index is 0.216. The van der Waals surface area contributed by atoms with Gasteiger partial charge >= 0.3 is 0 Å². The number of aliphatic imine (C=N–C) groups is 1. The lowest BCUT2D eigenvalue weighted by atomic mass is 10.0. The minimum atomic E-state index is -0.216. The van der Waals surface area contributed by atoms with Crippen molar-refractivity contribution in [2.75, 3.05) is 5.73 Å². The Morgan fingerprint density at radius 1 is 1.11 bits per heavy atom. The van der Waals surface area contributed by atoms with E-state index in [0.29, 0.717) is 12.1 Å². The number of para-hydroxylation sites is 1. The molecule has 0 bridgehead atoms. The standard InChI is InChI=1S/C16H15N3/c17-11-10-16(14-8-4-5-9-15(14)18)19-12-13-6-2-1-3-7-13/h1-9,12,16H,10,18H2. The molecular formula is C16H15N3. The molecule has 1 atom stereocenters. The zero-order chi connectivity index (χ0) is 13.5. The maximum Gasteiger partial charge on any atom is 0.0898 e. The van der Waals surface area contributed by atoms with Crippen molar-refractivity contribution in [3.63, 3.8) is 0 Å². The Kier molecular flexibility index (Phi) is 4.30. The van der Waals surface area contributed by atoms with Crippen LogP contribution >= 0.6 is 0 Å². The average molecular weight is 249 g/mol. The number of nitrogens with zero attached hydrogens (tertiary/aromatic N) is 2. The van der Waals surface area contributed by atoms with Crippen LogP contribution in [-0.2, 0) is 0 Å². The van der Waals surface area contributed by atoms with Gasteiger partial charge in [0, 0.05) is 17.5 Å². The van der Waals surface area contributed by atoms with Crippen LogP contribution < -0.4 is 5.73 Å². The normalized spacial score (nSPS) is 12.2. The summed E-state index contributed by atoms with van der Waals surface area (Å²) in [5, 5.41) is 8.92. The first kappa shape index (κ1) is 12.8. The summed E-state index contributed by atoms with van der Waals surface area (Å²) in [4.78, 5) is 4.49. The molecule has 2 N–H and O–H groups in total. The number of nitriles is 1. The molecule has 0 aliphatic heterocycles. The zero-order valence-corrected chi connectivity index (χ0v) is 10.5. The van der Waals surface area contributed by atoms with Gasteiger partial charge in [0.25, 0.3) is 0 Å². The molecule has 0 aromatic heterocycles. The quantitative estimate of drug-likeness (QED) is 0.667. The maximum atomic E-state index is 8.92. The topological polar surface area (TPSA) is 62.2 Å². The van der Waals surface area contributed by atoms with E-state index < -0.39 is 0 Å². The summed E-state index contributed by atoms with van der Waals surface area (Å²) in [6.07, 6.45) is 2.10. The van der Waals surface area contributed by atoms with Gasteiger partial charge in [-0.05, 0) is 11.6 Å². The molecule has 0 saturated carbocycles. The van der Waals surface area contributed by atoms with Gasteiger partial charge < -0.3 is 5.73 Å². The van der Waals surface area contributed by atoms with Crippen LogP contribution in [-0.4, -0.2) is 6.21 Å². The van der Waals surface area contributed by atoms with Gasteiger partial charge in [-0.25, -0.2) is 0 Å². The molecule has 0 radical (unpaired) electrons. The Labute approximate surface area is 113 Å². The van der Waals surface area contributed by atoms with Crippen molar-refractivity contribution in [2.24, 2.45) is 4.99 Å². The lowest BCUT2D eigenvalue weighted by Crippen LogP contribution is -2.00. The summed E-state index contributed by atoms with van der Waals surface area (Å²) in [7, 11) is 0. The van der Waals surface area contributed by atoms with Crippen molar-refractivity contribution in [1.82, 2.24) is 0 Å². The second kappa shape index (κ2) is 6.36. The summed E-state index contributed by atoms with van der Waals surface area (Å²) >= 11 is 0. The van der Waals surface area contributed by atoms with Crippen molar-refractivity contribution in [2.45, 2.75) is 12.5 Å². The van der Waals surface area contributed by atoms with Crippen LogP contribution in [0.1, 0.15) is 23.6 Å². The van der Waals surface area contributed by atoms with E-state index in [2.05, 4.69) is 11.1 Å². The zero-order valence-electron chi connectivity index (χ0n) is 10.5. The van der Waals surface area contributed by atoms with Crippen LogP contribution in [0.25, 0.3) is 0 Å². The van der Waals surface area contributed by atoms with Gasteiger partial charge in [0.05, 0.1) is 18.5 Å². The van der Waals surface area contributed by atoms with Crippen molar-refractivity contribution >= 4 is 11.9 Å². The fourth-order valence-corrected chi connectivity index (χ4v) is 1.86. The second-order valence-electron chi connectivity index (χ2n) is 4.20. The molecule has 0 aliphatic rings. The molecule has 0 fully saturated rings. The third-order valence-corrected chi connectivity index (χ3v) is 2.84. The molecule has 2 aromatic carbocycles. The van der Waals surface area contributed by atoms with Crippen molar-refractivity contribution in [3.8, 4) is 6.07 Å². The predicted molar refractivity (Wildman–Crippen MR) is 77.9 cm³/mol. The molecule has 19 heavy (non-hydrogen) atoms. The van der Waals surface area contributed by atoms with Gasteiger partial charge in [-0.3, -0.25) is 4.99 Å². The van der Waals surface area contributed by atoms with E-state index in [1.165, 1.54) is 0 Å². The summed E-state index contributed by atoms with van der Waals surface area (Å²) in [5.74, 6) is 0. The SMILES string of the molecule is N#CCC(N=Cc1ccccc1)c1ccccc1N. The molecule has 0 saturated heterocycles. The van der Waals surface area contributed by atoms with Crippen LogP contribution in [0.15, 0.2) is 59.6 Å². The average Bonchev–Trinajstić information content (AvgIpc) is 2.45. The van der Waals surface area contributed by atoms with E-state index in [9.17, 15) is 0 Å². The fourth-order valence-electron chi connectivity index (χ4n) is 1.86. The van der Waals surface area contributed by atoms with Crippen LogP contribution in [0.3, 0.4) is 0 Å². The monoisotopic (exact) mass is 249 g/mol. The largest absolute Gasteiger partial charge is 0.398 e. The van der Waals surface area contributed by atoms with Gasteiger partial charge in [0.1, 0.15) is 0 Å². The summed E-state index contributed by atoms with van der Waals surface area (Å²) in [5.41, 5.74) is 8.52. The molecule has 2 aromatic rings. The highest BCUT2D eigenvalue weighted by atomic mass is 14.8. The Morgan fingerprint density at radius 3 is 2.47 bits per heavy atom. The Bertz CT molecular complexity index is 597. The van der Waals surface area contributed by atoms with Crippen LogP contribution in [0, 0.1) is 11.3 Å². The lowest BCUT2D eigenvalue weighted by Gasteiger charge is -2.11. The van der Waals surface area contributed by atoms with E-state index in [1.807, 2.05) is 54.6 Å². The van der Waals surface area contributed by atoms with E-state index >= 15 is 0 Å². The highest BCUT2D eigenvalue weighted by Gasteiger charge is 2.11. The number of hydrogen-bond donors (Lipinski definition) is 1.